The van der Waals surface area contributed by atoms with E-state index in [0.717, 1.165) is 5.56 Å². The monoisotopic (exact) mass is 312 g/mol. The van der Waals surface area contributed by atoms with E-state index in [1.54, 1.807) is 48.5 Å². The Labute approximate surface area is 131 Å². The molecule has 0 spiro atoms. The fourth-order valence-corrected chi connectivity index (χ4v) is 2.71. The van der Waals surface area contributed by atoms with Gasteiger partial charge in [-0.15, -0.1) is 0 Å². The number of nitrogens with zero attached hydrogens (tertiary/aromatic N) is 1. The number of aromatic hydroxyl groups is 2. The number of benzene rings is 2. The minimum Gasteiger partial charge on any atom is -0.508 e. The average Bonchev–Trinajstić information content (AvgIpc) is 2.84. The number of amidine groups is 1. The van der Waals surface area contributed by atoms with Crippen LogP contribution in [0.4, 0.5) is 5.69 Å². The number of hydrogen-bond acceptors (Lipinski definition) is 5. The van der Waals surface area contributed by atoms with Crippen molar-refractivity contribution in [2.75, 3.05) is 0 Å². The van der Waals surface area contributed by atoms with Gasteiger partial charge in [-0.05, 0) is 47.7 Å². The lowest BCUT2D eigenvalue weighted by molar-refractivity contribution is -0.115. The molecule has 2 aromatic carbocycles. The maximum Gasteiger partial charge on any atom is 0.264 e. The predicted octanol–water partition coefficient (Wildman–Crippen LogP) is 2.99. The number of hydrogen-bond donors (Lipinski definition) is 3. The molecule has 22 heavy (non-hydrogen) atoms. The first kappa shape index (κ1) is 14.2. The van der Waals surface area contributed by atoms with Crippen LogP contribution in [-0.2, 0) is 4.79 Å². The number of para-hydroxylation sites is 2. The van der Waals surface area contributed by atoms with Crippen molar-refractivity contribution >= 4 is 34.6 Å². The van der Waals surface area contributed by atoms with Crippen LogP contribution < -0.4 is 5.32 Å². The van der Waals surface area contributed by atoms with E-state index in [9.17, 15) is 15.0 Å². The Morgan fingerprint density at radius 2 is 1.77 bits per heavy atom. The number of amides is 1. The Kier molecular flexibility index (Phi) is 3.84. The van der Waals surface area contributed by atoms with E-state index in [2.05, 4.69) is 10.3 Å². The summed E-state index contributed by atoms with van der Waals surface area (Å²) < 4.78 is 0. The molecule has 1 aliphatic heterocycles. The fraction of sp³-hybridized carbons (Fsp3) is 0. The molecule has 1 saturated heterocycles. The highest BCUT2D eigenvalue weighted by atomic mass is 32.2. The molecule has 0 saturated carbocycles. The van der Waals surface area contributed by atoms with Crippen molar-refractivity contribution in [3.05, 3.63) is 59.0 Å². The molecule has 3 N–H and O–H groups in total. The first-order chi connectivity index (χ1) is 10.6. The second-order valence-corrected chi connectivity index (χ2v) is 5.59. The maximum atomic E-state index is 11.9. The third-order valence-corrected chi connectivity index (χ3v) is 3.86. The van der Waals surface area contributed by atoms with E-state index < -0.39 is 0 Å². The summed E-state index contributed by atoms with van der Waals surface area (Å²) in [7, 11) is 0. The summed E-state index contributed by atoms with van der Waals surface area (Å²) in [5.74, 6) is -0.0134. The van der Waals surface area contributed by atoms with E-state index in [1.165, 1.54) is 17.8 Å². The number of phenols is 2. The number of carbonyl (C=O) groups is 1. The second kappa shape index (κ2) is 5.95. The summed E-state index contributed by atoms with van der Waals surface area (Å²) in [5, 5.41) is 22.0. The van der Waals surface area contributed by atoms with Crippen LogP contribution in [-0.4, -0.2) is 21.3 Å². The van der Waals surface area contributed by atoms with Crippen LogP contribution in [0.25, 0.3) is 6.08 Å². The van der Waals surface area contributed by atoms with Crippen molar-refractivity contribution in [3.8, 4) is 11.5 Å². The van der Waals surface area contributed by atoms with Gasteiger partial charge in [-0.3, -0.25) is 4.79 Å². The molecule has 0 aliphatic carbocycles. The zero-order chi connectivity index (χ0) is 15.5. The molecule has 110 valence electrons. The molecule has 6 heteroatoms. The Balaban J connectivity index is 1.84. The van der Waals surface area contributed by atoms with Gasteiger partial charge in [0.05, 0.1) is 4.91 Å². The number of nitrogens with one attached hydrogen (secondary N) is 1. The number of rotatable bonds is 2. The molecule has 2 aromatic rings. The zero-order valence-corrected chi connectivity index (χ0v) is 12.2. The topological polar surface area (TPSA) is 81.9 Å². The Morgan fingerprint density at radius 1 is 1.05 bits per heavy atom. The van der Waals surface area contributed by atoms with E-state index in [1.807, 2.05) is 0 Å². The molecule has 1 aliphatic rings. The molecule has 1 fully saturated rings. The lowest BCUT2D eigenvalue weighted by atomic mass is 10.2. The van der Waals surface area contributed by atoms with Gasteiger partial charge in [-0.25, -0.2) is 4.99 Å². The van der Waals surface area contributed by atoms with Crippen LogP contribution in [0.15, 0.2) is 58.4 Å². The quantitative estimate of drug-likeness (QED) is 0.745. The Bertz CT molecular complexity index is 782. The molecule has 0 aromatic heterocycles. The lowest BCUT2D eigenvalue weighted by Crippen LogP contribution is -2.19. The van der Waals surface area contributed by atoms with E-state index in [-0.39, 0.29) is 17.4 Å². The summed E-state index contributed by atoms with van der Waals surface area (Å²) in [6, 6.07) is 13.2. The summed E-state index contributed by atoms with van der Waals surface area (Å²) in [4.78, 5) is 16.7. The van der Waals surface area contributed by atoms with Crippen molar-refractivity contribution in [1.29, 1.82) is 0 Å². The third-order valence-electron chi connectivity index (χ3n) is 2.95. The van der Waals surface area contributed by atoms with Gasteiger partial charge in [-0.1, -0.05) is 24.3 Å². The average molecular weight is 312 g/mol. The molecule has 0 unspecified atom stereocenters. The molecule has 1 heterocycles. The first-order valence-electron chi connectivity index (χ1n) is 6.48. The lowest BCUT2D eigenvalue weighted by Gasteiger charge is -1.98. The van der Waals surface area contributed by atoms with Gasteiger partial charge in [0.25, 0.3) is 5.91 Å². The fourth-order valence-electron chi connectivity index (χ4n) is 1.87. The second-order valence-electron chi connectivity index (χ2n) is 4.56. The van der Waals surface area contributed by atoms with E-state index >= 15 is 0 Å². The highest BCUT2D eigenvalue weighted by molar-refractivity contribution is 8.18. The Hall–Kier alpha value is -2.73. The highest BCUT2D eigenvalue weighted by Crippen LogP contribution is 2.31. The van der Waals surface area contributed by atoms with Gasteiger partial charge in [-0.2, -0.15) is 0 Å². The van der Waals surface area contributed by atoms with Gasteiger partial charge in [0, 0.05) is 0 Å². The van der Waals surface area contributed by atoms with Gasteiger partial charge in [0.1, 0.15) is 17.2 Å². The molecule has 0 bridgehead atoms. The van der Waals surface area contributed by atoms with Crippen molar-refractivity contribution < 1.29 is 15.0 Å². The third kappa shape index (κ3) is 3.12. The molecule has 0 radical (unpaired) electrons. The standard InChI is InChI=1S/C16H12N2O3S/c19-11-7-5-10(6-8-11)9-14-15(21)18-16(22-14)17-12-3-1-2-4-13(12)20/h1-9,19-20H,(H,17,18,21)/b14-9-. The molecular formula is C16H12N2O3S. The Morgan fingerprint density at radius 3 is 2.50 bits per heavy atom. The molecule has 5 nitrogen and oxygen atoms in total. The normalized spacial score (nSPS) is 17.9. The van der Waals surface area contributed by atoms with E-state index in [0.29, 0.717) is 15.8 Å². The number of carbonyl (C=O) groups excluding carboxylic acids is 1. The largest absolute Gasteiger partial charge is 0.508 e. The number of aliphatic imine (C=N–C) groups is 1. The van der Waals surface area contributed by atoms with Crippen LogP contribution in [0.3, 0.4) is 0 Å². The van der Waals surface area contributed by atoms with Gasteiger partial charge >= 0.3 is 0 Å². The molecule has 3 rings (SSSR count). The van der Waals surface area contributed by atoms with Crippen LogP contribution >= 0.6 is 11.8 Å². The summed E-state index contributed by atoms with van der Waals surface area (Å²) in [6.07, 6.45) is 1.72. The van der Waals surface area contributed by atoms with Crippen LogP contribution in [0.5, 0.6) is 11.5 Å². The van der Waals surface area contributed by atoms with Gasteiger partial charge in [0.15, 0.2) is 5.17 Å². The molecular weight excluding hydrogens is 300 g/mol. The first-order valence-corrected chi connectivity index (χ1v) is 7.30. The summed E-state index contributed by atoms with van der Waals surface area (Å²) in [6.45, 7) is 0. The van der Waals surface area contributed by atoms with Crippen molar-refractivity contribution in [1.82, 2.24) is 5.32 Å². The predicted molar refractivity (Wildman–Crippen MR) is 87.0 cm³/mol. The van der Waals surface area contributed by atoms with E-state index in [4.69, 9.17) is 0 Å². The van der Waals surface area contributed by atoms with Gasteiger partial charge < -0.3 is 15.5 Å². The smallest absolute Gasteiger partial charge is 0.264 e. The van der Waals surface area contributed by atoms with Crippen molar-refractivity contribution in [2.24, 2.45) is 4.99 Å². The number of thioether (sulfide) groups is 1. The summed E-state index contributed by atoms with van der Waals surface area (Å²) in [5.41, 5.74) is 1.20. The minimum atomic E-state index is -0.243. The highest BCUT2D eigenvalue weighted by Gasteiger charge is 2.24. The van der Waals surface area contributed by atoms with Crippen LogP contribution in [0.1, 0.15) is 5.56 Å². The van der Waals surface area contributed by atoms with Crippen LogP contribution in [0.2, 0.25) is 0 Å². The molecule has 1 amide bonds. The number of phenolic OH excluding ortho intramolecular Hbond substituents is 2. The van der Waals surface area contributed by atoms with Gasteiger partial charge in [0.2, 0.25) is 0 Å². The zero-order valence-electron chi connectivity index (χ0n) is 11.4. The molecule has 0 atom stereocenters. The van der Waals surface area contributed by atoms with Crippen molar-refractivity contribution in [3.63, 3.8) is 0 Å². The summed E-state index contributed by atoms with van der Waals surface area (Å²) >= 11 is 1.20. The van der Waals surface area contributed by atoms with Crippen LogP contribution in [0, 0.1) is 0 Å². The maximum absolute atomic E-state index is 11.9. The SMILES string of the molecule is O=C1NC(=Nc2ccccc2O)S/C1=C\c1ccc(O)cc1. The minimum absolute atomic E-state index is 0.0563. The van der Waals surface area contributed by atoms with Crippen molar-refractivity contribution in [2.45, 2.75) is 0 Å².